The lowest BCUT2D eigenvalue weighted by Gasteiger charge is -2.24. The second kappa shape index (κ2) is 5.32. The predicted molar refractivity (Wildman–Crippen MR) is 61.8 cm³/mol. The molecule has 0 aliphatic rings. The van der Waals surface area contributed by atoms with Crippen LogP contribution in [0.5, 0.6) is 0 Å². The summed E-state index contributed by atoms with van der Waals surface area (Å²) in [6.07, 6.45) is 1.28. The van der Waals surface area contributed by atoms with Gasteiger partial charge >= 0.3 is 5.97 Å². The minimum absolute atomic E-state index is 0. The first-order valence-corrected chi connectivity index (χ1v) is 4.69. The van der Waals surface area contributed by atoms with Crippen LogP contribution in [0.3, 0.4) is 0 Å². The van der Waals surface area contributed by atoms with Crippen molar-refractivity contribution in [1.82, 2.24) is 4.98 Å². The molecule has 0 amide bonds. The van der Waals surface area contributed by atoms with Crippen LogP contribution in [0.4, 0.5) is 0 Å². The summed E-state index contributed by atoms with van der Waals surface area (Å²) in [6.45, 7) is 5.68. The molecule has 0 aliphatic carbocycles. The maximum atomic E-state index is 11.1. The van der Waals surface area contributed by atoms with Crippen LogP contribution in [0, 0.1) is 0 Å². The number of ether oxygens (including phenoxy) is 1. The second-order valence-corrected chi connectivity index (χ2v) is 4.04. The third-order valence-corrected chi connectivity index (χ3v) is 2.59. The van der Waals surface area contributed by atoms with Gasteiger partial charge in [-0.05, 0) is 20.8 Å². The molecule has 0 fully saturated rings. The molecule has 0 saturated heterocycles. The van der Waals surface area contributed by atoms with E-state index in [0.717, 1.165) is 0 Å². The zero-order valence-electron chi connectivity index (χ0n) is 9.81. The molecule has 1 aromatic rings. The highest BCUT2D eigenvalue weighted by Crippen LogP contribution is 2.25. The number of oxazole rings is 1. The lowest BCUT2D eigenvalue weighted by molar-refractivity contribution is 0.0594. The number of rotatable bonds is 3. The Bertz CT molecular complexity index is 361. The van der Waals surface area contributed by atoms with E-state index in [4.69, 9.17) is 10.2 Å². The van der Waals surface area contributed by atoms with Crippen molar-refractivity contribution in [2.24, 2.45) is 5.73 Å². The minimum Gasteiger partial charge on any atom is -0.464 e. The molecule has 0 aliphatic heterocycles. The van der Waals surface area contributed by atoms with E-state index >= 15 is 0 Å². The first-order chi connectivity index (χ1) is 6.89. The Labute approximate surface area is 101 Å². The summed E-state index contributed by atoms with van der Waals surface area (Å²) in [4.78, 5) is 15.2. The molecule has 0 unspecified atom stereocenters. The van der Waals surface area contributed by atoms with Crippen LogP contribution >= 0.6 is 12.4 Å². The van der Waals surface area contributed by atoms with E-state index in [9.17, 15) is 4.79 Å². The van der Waals surface area contributed by atoms with E-state index in [1.165, 1.54) is 13.4 Å². The second-order valence-electron chi connectivity index (χ2n) is 4.04. The SMILES string of the molecule is COC(=O)c1coc(C(C)(C)[C@@H](C)N)n1.Cl. The monoisotopic (exact) mass is 248 g/mol. The van der Waals surface area contributed by atoms with Crippen molar-refractivity contribution in [2.45, 2.75) is 32.2 Å². The Balaban J connectivity index is 0.00000225. The molecular weight excluding hydrogens is 232 g/mol. The summed E-state index contributed by atoms with van der Waals surface area (Å²) >= 11 is 0. The molecule has 2 N–H and O–H groups in total. The van der Waals surface area contributed by atoms with Crippen molar-refractivity contribution in [2.75, 3.05) is 7.11 Å². The van der Waals surface area contributed by atoms with E-state index in [1.54, 1.807) is 0 Å². The molecule has 1 atom stereocenters. The lowest BCUT2D eigenvalue weighted by Crippen LogP contribution is -2.38. The summed E-state index contributed by atoms with van der Waals surface area (Å²) in [5, 5.41) is 0. The van der Waals surface area contributed by atoms with Gasteiger partial charge in [-0.2, -0.15) is 0 Å². The summed E-state index contributed by atoms with van der Waals surface area (Å²) in [6, 6.07) is -0.123. The molecule has 1 aromatic heterocycles. The maximum Gasteiger partial charge on any atom is 0.360 e. The zero-order valence-corrected chi connectivity index (χ0v) is 10.6. The number of hydrogen-bond donors (Lipinski definition) is 1. The quantitative estimate of drug-likeness (QED) is 0.821. The third-order valence-electron chi connectivity index (χ3n) is 2.59. The van der Waals surface area contributed by atoms with Crippen LogP contribution in [-0.2, 0) is 10.2 Å². The number of nitrogens with zero attached hydrogens (tertiary/aromatic N) is 1. The molecule has 16 heavy (non-hydrogen) atoms. The third kappa shape index (κ3) is 2.74. The number of esters is 1. The van der Waals surface area contributed by atoms with E-state index < -0.39 is 11.4 Å². The molecule has 0 spiro atoms. The fourth-order valence-electron chi connectivity index (χ4n) is 0.963. The molecule has 0 radical (unpaired) electrons. The maximum absolute atomic E-state index is 11.1. The predicted octanol–water partition coefficient (Wildman–Crippen LogP) is 1.51. The molecule has 92 valence electrons. The van der Waals surface area contributed by atoms with E-state index in [1.807, 2.05) is 20.8 Å². The van der Waals surface area contributed by atoms with Gasteiger partial charge in [-0.1, -0.05) is 0 Å². The molecule has 0 aromatic carbocycles. The first kappa shape index (κ1) is 14.9. The number of methoxy groups -OCH3 is 1. The van der Waals surface area contributed by atoms with Crippen molar-refractivity contribution < 1.29 is 13.9 Å². The highest BCUT2D eigenvalue weighted by Gasteiger charge is 2.31. The fourth-order valence-corrected chi connectivity index (χ4v) is 0.963. The molecule has 0 bridgehead atoms. The normalized spacial score (nSPS) is 12.8. The number of aromatic nitrogens is 1. The smallest absolute Gasteiger partial charge is 0.360 e. The van der Waals surface area contributed by atoms with Crippen LogP contribution < -0.4 is 5.73 Å². The number of halogens is 1. The topological polar surface area (TPSA) is 78.3 Å². The van der Waals surface area contributed by atoms with Gasteiger partial charge in [0.05, 0.1) is 12.5 Å². The standard InChI is InChI=1S/C10H16N2O3.ClH/c1-6(11)10(2,3)9-12-7(5-15-9)8(13)14-4;/h5-6H,11H2,1-4H3;1H/t6-;/m1./s1. The Hall–Kier alpha value is -1.07. The van der Waals surface area contributed by atoms with Crippen molar-refractivity contribution in [3.8, 4) is 0 Å². The Kier molecular flexibility index (Phi) is 4.96. The number of nitrogens with two attached hydrogens (primary N) is 1. The number of carbonyl (C=O) groups excluding carboxylic acids is 1. The van der Waals surface area contributed by atoms with Gasteiger partial charge in [0, 0.05) is 6.04 Å². The zero-order chi connectivity index (χ0) is 11.6. The Morgan fingerprint density at radius 1 is 1.62 bits per heavy atom. The van der Waals surface area contributed by atoms with Gasteiger partial charge in [0.15, 0.2) is 5.69 Å². The van der Waals surface area contributed by atoms with Gasteiger partial charge in [-0.3, -0.25) is 0 Å². The van der Waals surface area contributed by atoms with Gasteiger partial charge < -0.3 is 14.9 Å². The first-order valence-electron chi connectivity index (χ1n) is 4.69. The highest BCUT2D eigenvalue weighted by atomic mass is 35.5. The van der Waals surface area contributed by atoms with Crippen LogP contribution in [0.25, 0.3) is 0 Å². The Morgan fingerprint density at radius 2 is 2.19 bits per heavy atom. The van der Waals surface area contributed by atoms with Gasteiger partial charge in [-0.15, -0.1) is 12.4 Å². The Morgan fingerprint density at radius 3 is 2.62 bits per heavy atom. The van der Waals surface area contributed by atoms with Crippen LogP contribution in [0.15, 0.2) is 10.7 Å². The fraction of sp³-hybridized carbons (Fsp3) is 0.600. The van der Waals surface area contributed by atoms with Crippen LogP contribution in [0.1, 0.15) is 37.2 Å². The van der Waals surface area contributed by atoms with Crippen LogP contribution in [-0.4, -0.2) is 24.1 Å². The average molecular weight is 249 g/mol. The van der Waals surface area contributed by atoms with Crippen LogP contribution in [0.2, 0.25) is 0 Å². The molecule has 5 nitrogen and oxygen atoms in total. The molecule has 0 saturated carbocycles. The summed E-state index contributed by atoms with van der Waals surface area (Å²) in [7, 11) is 1.30. The number of carbonyl (C=O) groups is 1. The van der Waals surface area contributed by atoms with Gasteiger partial charge in [-0.25, -0.2) is 9.78 Å². The minimum atomic E-state index is -0.509. The largest absolute Gasteiger partial charge is 0.464 e. The molecular formula is C10H17ClN2O3. The summed E-state index contributed by atoms with van der Waals surface area (Å²) in [5.74, 6) is -0.0663. The molecule has 6 heteroatoms. The summed E-state index contributed by atoms with van der Waals surface area (Å²) < 4.78 is 9.75. The lowest BCUT2D eigenvalue weighted by atomic mass is 9.86. The van der Waals surface area contributed by atoms with Gasteiger partial charge in [0.2, 0.25) is 5.89 Å². The molecule has 1 heterocycles. The van der Waals surface area contributed by atoms with E-state index in [0.29, 0.717) is 5.89 Å². The summed E-state index contributed by atoms with van der Waals surface area (Å²) in [5.41, 5.74) is 5.56. The number of hydrogen-bond acceptors (Lipinski definition) is 5. The average Bonchev–Trinajstić information content (AvgIpc) is 2.65. The van der Waals surface area contributed by atoms with E-state index in [2.05, 4.69) is 9.72 Å². The highest BCUT2D eigenvalue weighted by molar-refractivity contribution is 5.86. The van der Waals surface area contributed by atoms with Gasteiger partial charge in [0.1, 0.15) is 6.26 Å². The van der Waals surface area contributed by atoms with Gasteiger partial charge in [0.25, 0.3) is 0 Å². The van der Waals surface area contributed by atoms with Crippen molar-refractivity contribution in [1.29, 1.82) is 0 Å². The van der Waals surface area contributed by atoms with Crippen molar-refractivity contribution >= 4 is 18.4 Å². The van der Waals surface area contributed by atoms with Crippen molar-refractivity contribution in [3.63, 3.8) is 0 Å². The molecule has 1 rings (SSSR count). The van der Waals surface area contributed by atoms with E-state index in [-0.39, 0.29) is 24.1 Å². The van der Waals surface area contributed by atoms with Crippen molar-refractivity contribution in [3.05, 3.63) is 17.8 Å².